The van der Waals surface area contributed by atoms with E-state index in [-0.39, 0.29) is 0 Å². The maximum absolute atomic E-state index is 5.43. The van der Waals surface area contributed by atoms with Crippen LogP contribution in [0.3, 0.4) is 0 Å². The van der Waals surface area contributed by atoms with E-state index in [1.165, 1.54) is 5.56 Å². The maximum atomic E-state index is 5.43. The van der Waals surface area contributed by atoms with Gasteiger partial charge in [0.25, 0.3) is 0 Å². The van der Waals surface area contributed by atoms with Crippen molar-refractivity contribution in [1.29, 1.82) is 0 Å². The molecule has 0 aromatic heterocycles. The van der Waals surface area contributed by atoms with E-state index in [1.807, 2.05) is 18.2 Å². The van der Waals surface area contributed by atoms with E-state index in [1.54, 1.807) is 7.11 Å². The summed E-state index contributed by atoms with van der Waals surface area (Å²) in [6.45, 7) is 6.81. The summed E-state index contributed by atoms with van der Waals surface area (Å²) in [5.74, 6) is 1.77. The molecule has 2 N–H and O–H groups in total. The molecule has 1 aliphatic rings. The van der Waals surface area contributed by atoms with Crippen LogP contribution in [0.5, 0.6) is 5.75 Å². The number of benzene rings is 2. The smallest absolute Gasteiger partial charge is 0.191 e. The molecule has 1 saturated heterocycles. The van der Waals surface area contributed by atoms with E-state index < -0.39 is 0 Å². The van der Waals surface area contributed by atoms with Crippen molar-refractivity contribution in [2.24, 2.45) is 4.99 Å². The molecule has 0 aliphatic carbocycles. The molecule has 0 saturated carbocycles. The summed E-state index contributed by atoms with van der Waals surface area (Å²) >= 11 is 0. The van der Waals surface area contributed by atoms with Crippen LogP contribution in [0.2, 0.25) is 0 Å². The average Bonchev–Trinajstić information content (AvgIpc) is 2.74. The minimum Gasteiger partial charge on any atom is -0.496 e. The van der Waals surface area contributed by atoms with Gasteiger partial charge < -0.3 is 15.4 Å². The average molecular weight is 381 g/mol. The Labute approximate surface area is 168 Å². The lowest BCUT2D eigenvalue weighted by molar-refractivity contribution is 0.198. The number of aliphatic imine (C=N–C) groups is 1. The van der Waals surface area contributed by atoms with Gasteiger partial charge in [-0.2, -0.15) is 0 Å². The Morgan fingerprint density at radius 1 is 1.07 bits per heavy atom. The molecule has 0 radical (unpaired) electrons. The molecule has 1 fully saturated rings. The molecule has 2 aromatic carbocycles. The summed E-state index contributed by atoms with van der Waals surface area (Å²) < 4.78 is 5.43. The van der Waals surface area contributed by atoms with E-state index in [0.29, 0.717) is 12.6 Å². The molecule has 0 atom stereocenters. The standard InChI is InChI=1S/C23H32N4O/c1-3-24-23(25-17-20-11-7-8-12-22(20)28-2)26-21-13-15-27(16-14-21)18-19-9-5-4-6-10-19/h4-12,21H,3,13-18H2,1-2H3,(H2,24,25,26). The fraction of sp³-hybridized carbons (Fsp3) is 0.435. The Balaban J connectivity index is 1.52. The summed E-state index contributed by atoms with van der Waals surface area (Å²) in [6, 6.07) is 19.2. The van der Waals surface area contributed by atoms with Gasteiger partial charge in [-0.3, -0.25) is 4.90 Å². The largest absolute Gasteiger partial charge is 0.496 e. The number of hydrogen-bond donors (Lipinski definition) is 2. The highest BCUT2D eigenvalue weighted by atomic mass is 16.5. The van der Waals surface area contributed by atoms with Crippen LogP contribution in [-0.2, 0) is 13.1 Å². The lowest BCUT2D eigenvalue weighted by Gasteiger charge is -2.33. The molecule has 0 spiro atoms. The minimum atomic E-state index is 0.461. The van der Waals surface area contributed by atoms with Gasteiger partial charge in [-0.05, 0) is 31.4 Å². The van der Waals surface area contributed by atoms with Crippen molar-refractivity contribution in [1.82, 2.24) is 15.5 Å². The lowest BCUT2D eigenvalue weighted by Crippen LogP contribution is -2.48. The van der Waals surface area contributed by atoms with Gasteiger partial charge in [0.15, 0.2) is 5.96 Å². The molecule has 0 bridgehead atoms. The van der Waals surface area contributed by atoms with Gasteiger partial charge in [0.1, 0.15) is 5.75 Å². The van der Waals surface area contributed by atoms with Gasteiger partial charge in [0, 0.05) is 37.8 Å². The Hall–Kier alpha value is -2.53. The zero-order valence-corrected chi connectivity index (χ0v) is 17.0. The number of guanidine groups is 1. The van der Waals surface area contributed by atoms with Crippen LogP contribution < -0.4 is 15.4 Å². The highest BCUT2D eigenvalue weighted by molar-refractivity contribution is 5.80. The first-order chi connectivity index (χ1) is 13.8. The molecule has 5 heteroatoms. The predicted molar refractivity (Wildman–Crippen MR) is 116 cm³/mol. The topological polar surface area (TPSA) is 48.9 Å². The summed E-state index contributed by atoms with van der Waals surface area (Å²) in [7, 11) is 1.70. The van der Waals surface area contributed by atoms with Gasteiger partial charge in [0.2, 0.25) is 0 Å². The second-order valence-corrected chi connectivity index (χ2v) is 7.19. The fourth-order valence-corrected chi connectivity index (χ4v) is 3.59. The zero-order chi connectivity index (χ0) is 19.6. The molecule has 5 nitrogen and oxygen atoms in total. The maximum Gasteiger partial charge on any atom is 0.191 e. The highest BCUT2D eigenvalue weighted by Crippen LogP contribution is 2.18. The number of piperidine rings is 1. The first kappa shape index (κ1) is 20.2. The Kier molecular flexibility index (Phi) is 7.73. The first-order valence-electron chi connectivity index (χ1n) is 10.2. The van der Waals surface area contributed by atoms with E-state index in [4.69, 9.17) is 9.73 Å². The van der Waals surface area contributed by atoms with Crippen LogP contribution in [0.1, 0.15) is 30.9 Å². The van der Waals surface area contributed by atoms with Crippen LogP contribution in [0.4, 0.5) is 0 Å². The summed E-state index contributed by atoms with van der Waals surface area (Å²) in [5.41, 5.74) is 2.49. The second-order valence-electron chi connectivity index (χ2n) is 7.19. The van der Waals surface area contributed by atoms with Crippen LogP contribution >= 0.6 is 0 Å². The zero-order valence-electron chi connectivity index (χ0n) is 17.0. The van der Waals surface area contributed by atoms with Crippen LogP contribution in [-0.4, -0.2) is 43.6 Å². The molecule has 1 aliphatic heterocycles. The molecule has 0 amide bonds. The van der Waals surface area contributed by atoms with E-state index in [0.717, 1.165) is 56.3 Å². The summed E-state index contributed by atoms with van der Waals surface area (Å²) in [4.78, 5) is 7.31. The Bertz CT molecular complexity index is 739. The minimum absolute atomic E-state index is 0.461. The van der Waals surface area contributed by atoms with E-state index in [2.05, 4.69) is 58.9 Å². The highest BCUT2D eigenvalue weighted by Gasteiger charge is 2.20. The van der Waals surface area contributed by atoms with E-state index in [9.17, 15) is 0 Å². The number of ether oxygens (including phenoxy) is 1. The van der Waals surface area contributed by atoms with Crippen LogP contribution in [0, 0.1) is 0 Å². The molecule has 1 heterocycles. The Morgan fingerprint density at radius 2 is 1.79 bits per heavy atom. The fourth-order valence-electron chi connectivity index (χ4n) is 3.59. The number of likely N-dealkylation sites (tertiary alicyclic amines) is 1. The van der Waals surface area contributed by atoms with Crippen molar-refractivity contribution in [2.45, 2.75) is 38.9 Å². The molecule has 0 unspecified atom stereocenters. The van der Waals surface area contributed by atoms with Crippen LogP contribution in [0.25, 0.3) is 0 Å². The van der Waals surface area contributed by atoms with E-state index >= 15 is 0 Å². The third-order valence-electron chi connectivity index (χ3n) is 5.12. The lowest BCUT2D eigenvalue weighted by atomic mass is 10.0. The number of hydrogen-bond acceptors (Lipinski definition) is 3. The van der Waals surface area contributed by atoms with Crippen molar-refractivity contribution in [3.63, 3.8) is 0 Å². The van der Waals surface area contributed by atoms with Crippen LogP contribution in [0.15, 0.2) is 59.6 Å². The van der Waals surface area contributed by atoms with Crippen molar-refractivity contribution in [3.8, 4) is 5.75 Å². The van der Waals surface area contributed by atoms with Crippen molar-refractivity contribution < 1.29 is 4.74 Å². The van der Waals surface area contributed by atoms with Crippen molar-refractivity contribution in [3.05, 3.63) is 65.7 Å². The third kappa shape index (κ3) is 5.99. The number of nitrogens with one attached hydrogen (secondary N) is 2. The summed E-state index contributed by atoms with van der Waals surface area (Å²) in [6.07, 6.45) is 2.26. The Morgan fingerprint density at radius 3 is 2.50 bits per heavy atom. The molecule has 2 aromatic rings. The van der Waals surface area contributed by atoms with Crippen molar-refractivity contribution in [2.75, 3.05) is 26.7 Å². The summed E-state index contributed by atoms with van der Waals surface area (Å²) in [5, 5.41) is 6.99. The number of para-hydroxylation sites is 1. The number of nitrogens with zero attached hydrogens (tertiary/aromatic N) is 2. The molecular weight excluding hydrogens is 348 g/mol. The van der Waals surface area contributed by atoms with Gasteiger partial charge >= 0.3 is 0 Å². The third-order valence-corrected chi connectivity index (χ3v) is 5.12. The first-order valence-corrected chi connectivity index (χ1v) is 10.2. The normalized spacial score (nSPS) is 16.0. The van der Waals surface area contributed by atoms with Crippen molar-refractivity contribution >= 4 is 5.96 Å². The number of rotatable bonds is 7. The van der Waals surface area contributed by atoms with Gasteiger partial charge in [0.05, 0.1) is 13.7 Å². The molecular formula is C23H32N4O. The number of methoxy groups -OCH3 is 1. The molecule has 3 rings (SSSR count). The molecule has 28 heavy (non-hydrogen) atoms. The monoisotopic (exact) mass is 380 g/mol. The quantitative estimate of drug-likeness (QED) is 0.571. The SMILES string of the molecule is CCNC(=NCc1ccccc1OC)NC1CCN(Cc2ccccc2)CC1. The van der Waals surface area contributed by atoms with Gasteiger partial charge in [-0.25, -0.2) is 4.99 Å². The molecule has 150 valence electrons. The van der Waals surface area contributed by atoms with Gasteiger partial charge in [-0.15, -0.1) is 0 Å². The predicted octanol–water partition coefficient (Wildman–Crippen LogP) is 3.41. The van der Waals surface area contributed by atoms with Gasteiger partial charge in [-0.1, -0.05) is 48.5 Å². The second kappa shape index (κ2) is 10.7.